The van der Waals surface area contributed by atoms with Crippen LogP contribution in [0.4, 0.5) is 14.6 Å². The van der Waals surface area contributed by atoms with Crippen molar-refractivity contribution in [3.8, 4) is 17.6 Å². The smallest absolute Gasteiger partial charge is 0.395 e. The second-order valence-electron chi connectivity index (χ2n) is 9.47. The SMILES string of the molecule is CC(c1ccc2c(c1)OC(F)(F)O2)N1C[C@H](C)N(c2nc(=O)n(C)c3c2nc(CC#N)n3C)C[C@H]1C. The van der Waals surface area contributed by atoms with Crippen molar-refractivity contribution < 1.29 is 18.3 Å². The summed E-state index contributed by atoms with van der Waals surface area (Å²) in [4.78, 5) is 26.1. The van der Waals surface area contributed by atoms with E-state index in [0.717, 1.165) is 5.56 Å². The summed E-state index contributed by atoms with van der Waals surface area (Å²) in [5, 5.41) is 9.18. The van der Waals surface area contributed by atoms with E-state index in [1.54, 1.807) is 30.8 Å². The monoisotopic (exact) mass is 499 g/mol. The molecule has 0 spiro atoms. The molecule has 2 aromatic heterocycles. The zero-order valence-electron chi connectivity index (χ0n) is 20.7. The van der Waals surface area contributed by atoms with Crippen LogP contribution in [-0.2, 0) is 20.5 Å². The summed E-state index contributed by atoms with van der Waals surface area (Å²) in [6.45, 7) is 7.37. The van der Waals surface area contributed by atoms with Gasteiger partial charge in [-0.1, -0.05) is 6.07 Å². The molecular formula is C24H27F2N7O3. The predicted octanol–water partition coefficient (Wildman–Crippen LogP) is 2.71. The van der Waals surface area contributed by atoms with Gasteiger partial charge in [-0.25, -0.2) is 9.78 Å². The zero-order chi connectivity index (χ0) is 25.9. The minimum Gasteiger partial charge on any atom is -0.395 e. The number of anilines is 1. The third kappa shape index (κ3) is 3.83. The van der Waals surface area contributed by atoms with E-state index < -0.39 is 12.0 Å². The van der Waals surface area contributed by atoms with Crippen LogP contribution in [0.15, 0.2) is 23.0 Å². The summed E-state index contributed by atoms with van der Waals surface area (Å²) in [7, 11) is 3.43. The molecular weight excluding hydrogens is 472 g/mol. The third-order valence-electron chi connectivity index (χ3n) is 7.12. The fourth-order valence-corrected chi connectivity index (χ4v) is 5.21. The number of halogens is 2. The molecule has 0 bridgehead atoms. The molecule has 2 aliphatic rings. The summed E-state index contributed by atoms with van der Waals surface area (Å²) in [5.41, 5.74) is 1.64. The first-order valence-electron chi connectivity index (χ1n) is 11.7. The first kappa shape index (κ1) is 24.0. The van der Waals surface area contributed by atoms with Gasteiger partial charge in [0.15, 0.2) is 17.3 Å². The first-order chi connectivity index (χ1) is 17.0. The average molecular weight is 500 g/mol. The molecule has 190 valence electrons. The Morgan fingerprint density at radius 1 is 1.14 bits per heavy atom. The Labute approximate surface area is 206 Å². The van der Waals surface area contributed by atoms with Gasteiger partial charge in [0, 0.05) is 45.3 Å². The van der Waals surface area contributed by atoms with E-state index in [-0.39, 0.29) is 36.0 Å². The number of benzene rings is 1. The molecule has 36 heavy (non-hydrogen) atoms. The number of piperazine rings is 1. The van der Waals surface area contributed by atoms with Gasteiger partial charge in [0.25, 0.3) is 0 Å². The number of fused-ring (bicyclic) bond motifs is 2. The molecule has 1 aromatic carbocycles. The van der Waals surface area contributed by atoms with Gasteiger partial charge >= 0.3 is 12.0 Å². The number of rotatable bonds is 4. The minimum absolute atomic E-state index is 0.0220. The molecule has 1 fully saturated rings. The second-order valence-corrected chi connectivity index (χ2v) is 9.47. The normalized spacial score (nSPS) is 22.1. The fourth-order valence-electron chi connectivity index (χ4n) is 5.21. The average Bonchev–Trinajstić information content (AvgIpc) is 3.31. The summed E-state index contributed by atoms with van der Waals surface area (Å²) in [6.07, 6.45) is -3.53. The lowest BCUT2D eigenvalue weighted by Crippen LogP contribution is -2.57. The van der Waals surface area contributed by atoms with Crippen LogP contribution in [0.1, 0.15) is 38.2 Å². The van der Waals surface area contributed by atoms with Gasteiger partial charge in [-0.3, -0.25) is 9.47 Å². The molecule has 0 N–H and O–H groups in total. The molecule has 0 saturated carbocycles. The number of nitriles is 1. The molecule has 3 atom stereocenters. The molecule has 4 heterocycles. The molecule has 0 radical (unpaired) electrons. The second kappa shape index (κ2) is 8.44. The highest BCUT2D eigenvalue weighted by Gasteiger charge is 2.44. The lowest BCUT2D eigenvalue weighted by atomic mass is 10.0. The molecule has 1 unspecified atom stereocenters. The number of aromatic nitrogens is 4. The van der Waals surface area contributed by atoms with Gasteiger partial charge in [0.2, 0.25) is 0 Å². The molecule has 5 rings (SSSR count). The van der Waals surface area contributed by atoms with Crippen molar-refractivity contribution in [2.24, 2.45) is 14.1 Å². The number of nitrogens with zero attached hydrogens (tertiary/aromatic N) is 7. The topological polar surface area (TPSA) is 101 Å². The van der Waals surface area contributed by atoms with E-state index >= 15 is 0 Å². The minimum atomic E-state index is -3.65. The van der Waals surface area contributed by atoms with Gasteiger partial charge in [-0.05, 0) is 38.5 Å². The van der Waals surface area contributed by atoms with Crippen LogP contribution in [0, 0.1) is 11.3 Å². The van der Waals surface area contributed by atoms with Gasteiger partial charge < -0.3 is 18.9 Å². The Bertz CT molecular complexity index is 1440. The van der Waals surface area contributed by atoms with Crippen LogP contribution in [0.5, 0.6) is 11.5 Å². The van der Waals surface area contributed by atoms with Gasteiger partial charge in [-0.2, -0.15) is 10.2 Å². The predicted molar refractivity (Wildman–Crippen MR) is 127 cm³/mol. The Balaban J connectivity index is 1.44. The largest absolute Gasteiger partial charge is 0.586 e. The highest BCUT2D eigenvalue weighted by Crippen LogP contribution is 2.43. The maximum Gasteiger partial charge on any atom is 0.586 e. The van der Waals surface area contributed by atoms with E-state index in [9.17, 15) is 18.8 Å². The lowest BCUT2D eigenvalue weighted by Gasteiger charge is -2.47. The van der Waals surface area contributed by atoms with E-state index in [2.05, 4.69) is 49.2 Å². The number of aryl methyl sites for hydroxylation is 2. The standard InChI is InChI=1S/C24H27F2N7O3/c1-13-12-33(21-20-22(31(5)23(34)29-21)30(4)19(28-20)8-9-27)14(2)11-32(13)15(3)16-6-7-17-18(10-16)36-24(25,26)35-17/h6-7,10,13-15H,8,11-12H2,1-5H3/t13-,14+,15?/m1/s1. The maximum atomic E-state index is 13.5. The molecule has 0 aliphatic carbocycles. The van der Waals surface area contributed by atoms with Crippen LogP contribution in [0.3, 0.4) is 0 Å². The molecule has 12 heteroatoms. The number of hydrogen-bond donors (Lipinski definition) is 0. The number of ether oxygens (including phenoxy) is 2. The van der Waals surface area contributed by atoms with Crippen LogP contribution in [-0.4, -0.2) is 55.5 Å². The van der Waals surface area contributed by atoms with Gasteiger partial charge in [0.05, 0.1) is 12.5 Å². The van der Waals surface area contributed by atoms with Crippen LogP contribution >= 0.6 is 0 Å². The van der Waals surface area contributed by atoms with Gasteiger partial charge in [0.1, 0.15) is 17.0 Å². The molecule has 2 aliphatic heterocycles. The van der Waals surface area contributed by atoms with Crippen LogP contribution in [0.25, 0.3) is 11.2 Å². The van der Waals surface area contributed by atoms with Crippen LogP contribution in [0.2, 0.25) is 0 Å². The Kier molecular flexibility index (Phi) is 5.63. The number of alkyl halides is 2. The first-order valence-corrected chi connectivity index (χ1v) is 11.7. The van der Waals surface area contributed by atoms with Gasteiger partial charge in [-0.15, -0.1) is 8.78 Å². The molecule has 0 amide bonds. The van der Waals surface area contributed by atoms with Crippen molar-refractivity contribution in [2.45, 2.75) is 51.6 Å². The van der Waals surface area contributed by atoms with E-state index in [0.29, 0.717) is 35.9 Å². The zero-order valence-corrected chi connectivity index (χ0v) is 20.7. The summed E-state index contributed by atoms with van der Waals surface area (Å²) in [5.74, 6) is 1.12. The van der Waals surface area contributed by atoms with E-state index in [4.69, 9.17) is 0 Å². The highest BCUT2D eigenvalue weighted by atomic mass is 19.3. The Hall–Kier alpha value is -3.72. The van der Waals surface area contributed by atoms with Crippen molar-refractivity contribution >= 4 is 17.0 Å². The Morgan fingerprint density at radius 2 is 1.86 bits per heavy atom. The quantitative estimate of drug-likeness (QED) is 0.540. The van der Waals surface area contributed by atoms with E-state index in [1.807, 2.05) is 6.92 Å². The third-order valence-corrected chi connectivity index (χ3v) is 7.12. The number of hydrogen-bond acceptors (Lipinski definition) is 8. The number of imidazole rings is 1. The molecule has 10 nitrogen and oxygen atoms in total. The van der Waals surface area contributed by atoms with Crippen LogP contribution < -0.4 is 20.1 Å². The van der Waals surface area contributed by atoms with Crippen molar-refractivity contribution in [2.75, 3.05) is 18.0 Å². The summed E-state index contributed by atoms with van der Waals surface area (Å²) in [6, 6.07) is 6.94. The fraction of sp³-hybridized carbons (Fsp3) is 0.500. The highest BCUT2D eigenvalue weighted by molar-refractivity contribution is 5.84. The lowest BCUT2D eigenvalue weighted by molar-refractivity contribution is -0.286. The Morgan fingerprint density at radius 3 is 2.58 bits per heavy atom. The summed E-state index contributed by atoms with van der Waals surface area (Å²) >= 11 is 0. The molecule has 3 aromatic rings. The van der Waals surface area contributed by atoms with Crippen molar-refractivity contribution in [3.05, 3.63) is 40.1 Å². The van der Waals surface area contributed by atoms with Crippen molar-refractivity contribution in [3.63, 3.8) is 0 Å². The van der Waals surface area contributed by atoms with E-state index in [1.165, 1.54) is 10.6 Å². The maximum absolute atomic E-state index is 13.5. The molecule has 1 saturated heterocycles. The summed E-state index contributed by atoms with van der Waals surface area (Å²) < 4.78 is 39.3. The van der Waals surface area contributed by atoms with Crippen molar-refractivity contribution in [1.29, 1.82) is 5.26 Å². The van der Waals surface area contributed by atoms with Crippen molar-refractivity contribution in [1.82, 2.24) is 24.0 Å².